The van der Waals surface area contributed by atoms with Crippen LogP contribution in [0.4, 0.5) is 0 Å². The first-order valence-electron chi connectivity index (χ1n) is 12.5. The SMILES string of the molecule is COc1cccc(-c2ccc(C3CCN(S(=O)(=O)C4(C(=O)NO)Cc5ccccc5C4)CC3)cc2C)c1. The molecule has 0 atom stereocenters. The van der Waals surface area contributed by atoms with E-state index in [0.717, 1.165) is 33.6 Å². The summed E-state index contributed by atoms with van der Waals surface area (Å²) in [6.45, 7) is 2.76. The number of ether oxygens (including phenoxy) is 1. The predicted octanol–water partition coefficient (Wildman–Crippen LogP) is 4.22. The van der Waals surface area contributed by atoms with Crippen molar-refractivity contribution in [3.8, 4) is 16.9 Å². The minimum atomic E-state index is -4.02. The quantitative estimate of drug-likeness (QED) is 0.375. The summed E-state index contributed by atoms with van der Waals surface area (Å²) in [5, 5.41) is 9.46. The minimum Gasteiger partial charge on any atom is -0.497 e. The van der Waals surface area contributed by atoms with Gasteiger partial charge in [0.1, 0.15) is 5.75 Å². The van der Waals surface area contributed by atoms with Gasteiger partial charge in [0.2, 0.25) is 10.0 Å². The zero-order valence-electron chi connectivity index (χ0n) is 21.1. The number of hydrogen-bond donors (Lipinski definition) is 2. The Morgan fingerprint density at radius 1 is 1.00 bits per heavy atom. The van der Waals surface area contributed by atoms with Crippen LogP contribution in [-0.2, 0) is 27.7 Å². The topological polar surface area (TPSA) is 95.9 Å². The van der Waals surface area contributed by atoms with E-state index >= 15 is 0 Å². The number of methoxy groups -OCH3 is 1. The number of carbonyl (C=O) groups excluding carboxylic acids is 1. The number of rotatable bonds is 6. The van der Waals surface area contributed by atoms with Gasteiger partial charge in [-0.25, -0.2) is 18.2 Å². The summed E-state index contributed by atoms with van der Waals surface area (Å²) in [6, 6.07) is 21.8. The molecule has 8 heteroatoms. The summed E-state index contributed by atoms with van der Waals surface area (Å²) in [6.07, 6.45) is 1.45. The summed E-state index contributed by atoms with van der Waals surface area (Å²) in [4.78, 5) is 12.8. The highest BCUT2D eigenvalue weighted by Crippen LogP contribution is 2.40. The molecule has 0 saturated carbocycles. The van der Waals surface area contributed by atoms with Gasteiger partial charge in [0.25, 0.3) is 5.91 Å². The van der Waals surface area contributed by atoms with Gasteiger partial charge < -0.3 is 4.74 Å². The van der Waals surface area contributed by atoms with E-state index in [4.69, 9.17) is 4.74 Å². The summed E-state index contributed by atoms with van der Waals surface area (Å²) in [7, 11) is -2.36. The molecule has 3 aromatic rings. The molecule has 7 nitrogen and oxygen atoms in total. The molecule has 1 aliphatic heterocycles. The van der Waals surface area contributed by atoms with Crippen LogP contribution < -0.4 is 10.2 Å². The number of hydrogen-bond acceptors (Lipinski definition) is 5. The van der Waals surface area contributed by atoms with Gasteiger partial charge in [0, 0.05) is 25.9 Å². The lowest BCUT2D eigenvalue weighted by atomic mass is 9.87. The molecular formula is C29H32N2O5S. The number of amides is 1. The molecule has 1 fully saturated rings. The van der Waals surface area contributed by atoms with Crippen molar-refractivity contribution >= 4 is 15.9 Å². The summed E-state index contributed by atoms with van der Waals surface area (Å²) in [5.74, 6) is 0.176. The fraction of sp³-hybridized carbons (Fsp3) is 0.345. The Morgan fingerprint density at radius 2 is 1.68 bits per heavy atom. The Morgan fingerprint density at radius 3 is 2.27 bits per heavy atom. The van der Waals surface area contributed by atoms with Crippen molar-refractivity contribution in [3.05, 3.63) is 89.0 Å². The number of hydroxylamine groups is 1. The fourth-order valence-corrected chi connectivity index (χ4v) is 8.02. The lowest BCUT2D eigenvalue weighted by Gasteiger charge is -2.37. The van der Waals surface area contributed by atoms with Crippen LogP contribution in [0.25, 0.3) is 11.1 Å². The zero-order valence-corrected chi connectivity index (χ0v) is 21.9. The lowest BCUT2D eigenvalue weighted by molar-refractivity contribution is -0.131. The van der Waals surface area contributed by atoms with Crippen molar-refractivity contribution in [2.45, 2.75) is 43.3 Å². The Labute approximate surface area is 218 Å². The number of aryl methyl sites for hydroxylation is 1. The molecule has 1 heterocycles. The fourth-order valence-electron chi connectivity index (χ4n) is 5.87. The maximum Gasteiger partial charge on any atom is 0.266 e. The van der Waals surface area contributed by atoms with Crippen LogP contribution in [0.3, 0.4) is 0 Å². The summed E-state index contributed by atoms with van der Waals surface area (Å²) < 4.78 is 32.8. The average Bonchev–Trinajstić information content (AvgIpc) is 3.34. The van der Waals surface area contributed by atoms with E-state index in [9.17, 15) is 18.4 Å². The molecule has 37 heavy (non-hydrogen) atoms. The molecule has 1 aliphatic carbocycles. The van der Waals surface area contributed by atoms with Crippen LogP contribution in [0.5, 0.6) is 5.75 Å². The van der Waals surface area contributed by atoms with Gasteiger partial charge in [0.05, 0.1) is 7.11 Å². The Hall–Kier alpha value is -3.20. The molecule has 3 aromatic carbocycles. The van der Waals surface area contributed by atoms with E-state index in [1.165, 1.54) is 9.87 Å². The minimum absolute atomic E-state index is 0.0583. The molecule has 0 unspecified atom stereocenters. The summed E-state index contributed by atoms with van der Waals surface area (Å²) in [5.41, 5.74) is 7.88. The first-order valence-corrected chi connectivity index (χ1v) is 14.0. The second-order valence-corrected chi connectivity index (χ2v) is 12.3. The first kappa shape index (κ1) is 25.4. The molecule has 0 radical (unpaired) electrons. The largest absolute Gasteiger partial charge is 0.497 e. The Balaban J connectivity index is 1.33. The third kappa shape index (κ3) is 4.43. The third-order valence-electron chi connectivity index (χ3n) is 7.98. The van der Waals surface area contributed by atoms with Gasteiger partial charge in [-0.15, -0.1) is 0 Å². The van der Waals surface area contributed by atoms with E-state index < -0.39 is 20.7 Å². The van der Waals surface area contributed by atoms with Crippen molar-refractivity contribution in [3.63, 3.8) is 0 Å². The van der Waals surface area contributed by atoms with Gasteiger partial charge >= 0.3 is 0 Å². The number of benzene rings is 3. The molecule has 2 aliphatic rings. The maximum atomic E-state index is 13.9. The molecule has 0 aromatic heterocycles. The van der Waals surface area contributed by atoms with Gasteiger partial charge in [-0.3, -0.25) is 10.0 Å². The van der Waals surface area contributed by atoms with E-state index in [1.807, 2.05) is 42.5 Å². The monoisotopic (exact) mass is 520 g/mol. The van der Waals surface area contributed by atoms with Crippen molar-refractivity contribution in [1.82, 2.24) is 9.79 Å². The van der Waals surface area contributed by atoms with E-state index in [2.05, 4.69) is 31.2 Å². The highest BCUT2D eigenvalue weighted by atomic mass is 32.2. The second kappa shape index (κ2) is 9.93. The highest BCUT2D eigenvalue weighted by Gasteiger charge is 2.56. The predicted molar refractivity (Wildman–Crippen MR) is 142 cm³/mol. The number of sulfonamides is 1. The second-order valence-electron chi connectivity index (χ2n) is 10.0. The van der Waals surface area contributed by atoms with Crippen LogP contribution >= 0.6 is 0 Å². The van der Waals surface area contributed by atoms with Gasteiger partial charge in [-0.1, -0.05) is 54.6 Å². The number of nitrogens with zero attached hydrogens (tertiary/aromatic N) is 1. The van der Waals surface area contributed by atoms with E-state index in [0.29, 0.717) is 25.9 Å². The molecule has 0 spiro atoms. The van der Waals surface area contributed by atoms with Gasteiger partial charge in [-0.05, 0) is 71.2 Å². The maximum absolute atomic E-state index is 13.9. The van der Waals surface area contributed by atoms with E-state index in [-0.39, 0.29) is 18.8 Å². The summed E-state index contributed by atoms with van der Waals surface area (Å²) >= 11 is 0. The van der Waals surface area contributed by atoms with Crippen LogP contribution in [0.2, 0.25) is 0 Å². The number of piperidine rings is 1. The van der Waals surface area contributed by atoms with Crippen molar-refractivity contribution < 1.29 is 23.2 Å². The third-order valence-corrected chi connectivity index (χ3v) is 10.5. The normalized spacial score (nSPS) is 17.8. The number of carbonyl (C=O) groups is 1. The smallest absolute Gasteiger partial charge is 0.266 e. The molecule has 1 amide bonds. The molecule has 1 saturated heterocycles. The van der Waals surface area contributed by atoms with Crippen LogP contribution in [0, 0.1) is 6.92 Å². The van der Waals surface area contributed by atoms with Crippen LogP contribution in [-0.4, -0.2) is 48.8 Å². The lowest BCUT2D eigenvalue weighted by Crippen LogP contribution is -2.58. The van der Waals surface area contributed by atoms with Gasteiger partial charge in [-0.2, -0.15) is 0 Å². The Kier molecular flexibility index (Phi) is 6.83. The van der Waals surface area contributed by atoms with Crippen LogP contribution in [0.15, 0.2) is 66.7 Å². The average molecular weight is 521 g/mol. The molecule has 0 bridgehead atoms. The number of fused-ring (bicyclic) bond motifs is 1. The van der Waals surface area contributed by atoms with Crippen molar-refractivity contribution in [1.29, 1.82) is 0 Å². The molecule has 2 N–H and O–H groups in total. The zero-order chi connectivity index (χ0) is 26.2. The first-order chi connectivity index (χ1) is 17.8. The van der Waals surface area contributed by atoms with Crippen LogP contribution in [0.1, 0.15) is 41.0 Å². The highest BCUT2D eigenvalue weighted by molar-refractivity contribution is 7.91. The molecule has 5 rings (SSSR count). The molecular weight excluding hydrogens is 488 g/mol. The molecule has 194 valence electrons. The number of nitrogens with one attached hydrogen (secondary N) is 1. The van der Waals surface area contributed by atoms with Gasteiger partial charge in [0.15, 0.2) is 4.75 Å². The van der Waals surface area contributed by atoms with E-state index in [1.54, 1.807) is 12.6 Å². The standard InChI is InChI=1S/C29H32N2O5S/c1-20-16-22(10-11-27(20)23-8-5-9-26(17-23)36-2)21-12-14-31(15-13-21)37(34,35)29(28(32)30-33)18-24-6-3-4-7-25(24)19-29/h3-11,16-17,21,33H,12-15,18-19H2,1-2H3,(H,30,32). The van der Waals surface area contributed by atoms with Crippen molar-refractivity contribution in [2.24, 2.45) is 0 Å². The Bertz CT molecular complexity index is 1400. The van der Waals surface area contributed by atoms with Crippen molar-refractivity contribution in [2.75, 3.05) is 20.2 Å².